The second-order valence-corrected chi connectivity index (χ2v) is 4.19. The number of carbonyl (C=O) groups is 1. The summed E-state index contributed by atoms with van der Waals surface area (Å²) < 4.78 is 5.85. The maximum absolute atomic E-state index is 12.1. The van der Waals surface area contributed by atoms with Crippen LogP contribution in [0.15, 0.2) is 10.9 Å². The number of nitrogens with one attached hydrogen (secondary N) is 1. The number of hydrogen-bond donors (Lipinski definition) is 1. The fourth-order valence-electron chi connectivity index (χ4n) is 1.84. The van der Waals surface area contributed by atoms with E-state index in [1.54, 1.807) is 19.9 Å². The lowest BCUT2D eigenvalue weighted by Crippen LogP contribution is -2.14. The minimum absolute atomic E-state index is 0.0556. The Hall–Kier alpha value is -2.44. The van der Waals surface area contributed by atoms with Crippen molar-refractivity contribution in [1.82, 2.24) is 19.7 Å². The second-order valence-electron chi connectivity index (χ2n) is 4.19. The SMILES string of the molecule is COC(=O)c1[nH]n(C)c(=O)c1-c1nc(C)cc(C)n1. The summed E-state index contributed by atoms with van der Waals surface area (Å²) in [6.45, 7) is 3.60. The van der Waals surface area contributed by atoms with Crippen LogP contribution in [-0.2, 0) is 11.8 Å². The van der Waals surface area contributed by atoms with Crippen molar-refractivity contribution in [2.45, 2.75) is 13.8 Å². The molecule has 2 aromatic heterocycles. The third-order valence-electron chi connectivity index (χ3n) is 2.64. The van der Waals surface area contributed by atoms with Crippen LogP contribution < -0.4 is 5.56 Å². The van der Waals surface area contributed by atoms with Crippen molar-refractivity contribution in [3.05, 3.63) is 33.5 Å². The average Bonchev–Trinajstić information content (AvgIpc) is 2.64. The zero-order chi connectivity index (χ0) is 14.2. The minimum atomic E-state index is -0.629. The molecule has 0 bridgehead atoms. The molecular weight excluding hydrogens is 248 g/mol. The number of hydrogen-bond acceptors (Lipinski definition) is 5. The molecule has 0 aromatic carbocycles. The molecule has 0 atom stereocenters. The number of nitrogens with zero attached hydrogens (tertiary/aromatic N) is 3. The van der Waals surface area contributed by atoms with Gasteiger partial charge in [-0.1, -0.05) is 0 Å². The van der Waals surface area contributed by atoms with Gasteiger partial charge in [-0.25, -0.2) is 14.8 Å². The zero-order valence-electron chi connectivity index (χ0n) is 11.1. The van der Waals surface area contributed by atoms with E-state index in [0.29, 0.717) is 0 Å². The summed E-state index contributed by atoms with van der Waals surface area (Å²) in [6, 6.07) is 1.79. The number of H-pyrrole nitrogens is 1. The van der Waals surface area contributed by atoms with E-state index in [1.165, 1.54) is 18.8 Å². The first-order valence-corrected chi connectivity index (χ1v) is 5.64. The van der Waals surface area contributed by atoms with Crippen LogP contribution in [0.4, 0.5) is 0 Å². The lowest BCUT2D eigenvalue weighted by Gasteiger charge is -2.02. The largest absolute Gasteiger partial charge is 0.464 e. The number of esters is 1. The lowest BCUT2D eigenvalue weighted by molar-refractivity contribution is 0.0594. The normalized spacial score (nSPS) is 10.5. The van der Waals surface area contributed by atoms with Crippen LogP contribution in [0.25, 0.3) is 11.4 Å². The molecule has 0 aliphatic carbocycles. The summed E-state index contributed by atoms with van der Waals surface area (Å²) in [4.78, 5) is 32.2. The van der Waals surface area contributed by atoms with Crippen molar-refractivity contribution >= 4 is 5.97 Å². The van der Waals surface area contributed by atoms with Crippen LogP contribution in [0, 0.1) is 13.8 Å². The van der Waals surface area contributed by atoms with Crippen molar-refractivity contribution in [3.63, 3.8) is 0 Å². The van der Waals surface area contributed by atoms with Gasteiger partial charge in [-0.05, 0) is 19.9 Å². The van der Waals surface area contributed by atoms with E-state index in [0.717, 1.165) is 11.4 Å². The molecule has 0 aliphatic rings. The molecule has 0 saturated heterocycles. The molecule has 0 saturated carbocycles. The van der Waals surface area contributed by atoms with Gasteiger partial charge in [0.25, 0.3) is 5.56 Å². The molecule has 2 rings (SSSR count). The van der Waals surface area contributed by atoms with E-state index in [2.05, 4.69) is 19.8 Å². The standard InChI is InChI=1S/C12H14N4O3/c1-6-5-7(2)14-10(13-6)8-9(12(18)19-4)15-16(3)11(8)17/h5,15H,1-4H3. The Morgan fingerprint density at radius 3 is 2.42 bits per heavy atom. The van der Waals surface area contributed by atoms with Crippen LogP contribution in [0.3, 0.4) is 0 Å². The molecule has 0 unspecified atom stereocenters. The number of aryl methyl sites for hydroxylation is 3. The third kappa shape index (κ3) is 2.26. The fourth-order valence-corrected chi connectivity index (χ4v) is 1.84. The first-order chi connectivity index (χ1) is 8.93. The van der Waals surface area contributed by atoms with Gasteiger partial charge in [0, 0.05) is 18.4 Å². The van der Waals surface area contributed by atoms with Crippen LogP contribution in [0.1, 0.15) is 21.9 Å². The highest BCUT2D eigenvalue weighted by atomic mass is 16.5. The topological polar surface area (TPSA) is 89.9 Å². The molecule has 0 radical (unpaired) electrons. The molecule has 2 heterocycles. The van der Waals surface area contributed by atoms with Gasteiger partial charge in [0.1, 0.15) is 5.56 Å². The molecule has 100 valence electrons. The summed E-state index contributed by atoms with van der Waals surface area (Å²) in [6.07, 6.45) is 0. The van der Waals surface area contributed by atoms with Gasteiger partial charge in [0.05, 0.1) is 7.11 Å². The molecule has 0 amide bonds. The fraction of sp³-hybridized carbons (Fsp3) is 0.333. The zero-order valence-corrected chi connectivity index (χ0v) is 11.1. The summed E-state index contributed by atoms with van der Waals surface area (Å²) in [5.74, 6) is -0.407. The molecule has 0 aliphatic heterocycles. The molecule has 2 aromatic rings. The van der Waals surface area contributed by atoms with Gasteiger partial charge < -0.3 is 4.74 Å². The number of rotatable bonds is 2. The predicted octanol–water partition coefficient (Wildman–Crippen LogP) is 0.574. The Bertz CT molecular complexity index is 679. The Morgan fingerprint density at radius 2 is 1.89 bits per heavy atom. The number of aromatic nitrogens is 4. The molecular formula is C12H14N4O3. The average molecular weight is 262 g/mol. The van der Waals surface area contributed by atoms with Gasteiger partial charge in [-0.3, -0.25) is 14.6 Å². The van der Waals surface area contributed by atoms with Gasteiger partial charge in [-0.15, -0.1) is 0 Å². The van der Waals surface area contributed by atoms with Crippen LogP contribution >= 0.6 is 0 Å². The monoisotopic (exact) mass is 262 g/mol. The number of methoxy groups -OCH3 is 1. The Kier molecular flexibility index (Phi) is 3.20. The van der Waals surface area contributed by atoms with E-state index < -0.39 is 5.97 Å². The minimum Gasteiger partial charge on any atom is -0.464 e. The van der Waals surface area contributed by atoms with Crippen LogP contribution in [-0.4, -0.2) is 32.8 Å². The van der Waals surface area contributed by atoms with E-state index in [4.69, 9.17) is 0 Å². The molecule has 1 N–H and O–H groups in total. The van der Waals surface area contributed by atoms with Gasteiger partial charge in [-0.2, -0.15) is 0 Å². The van der Waals surface area contributed by atoms with Gasteiger partial charge in [0.15, 0.2) is 11.5 Å². The summed E-state index contributed by atoms with van der Waals surface area (Å²) in [5.41, 5.74) is 1.26. The maximum Gasteiger partial charge on any atom is 0.356 e. The Balaban J connectivity index is 2.74. The summed E-state index contributed by atoms with van der Waals surface area (Å²) in [7, 11) is 2.76. The lowest BCUT2D eigenvalue weighted by atomic mass is 10.2. The maximum atomic E-state index is 12.1. The molecule has 0 spiro atoms. The van der Waals surface area contributed by atoms with Crippen molar-refractivity contribution in [2.75, 3.05) is 7.11 Å². The molecule has 0 fully saturated rings. The molecule has 7 heteroatoms. The number of aromatic amines is 1. The second kappa shape index (κ2) is 4.68. The summed E-state index contributed by atoms with van der Waals surface area (Å²) >= 11 is 0. The Morgan fingerprint density at radius 1 is 1.32 bits per heavy atom. The summed E-state index contributed by atoms with van der Waals surface area (Å²) in [5, 5.41) is 2.65. The third-order valence-corrected chi connectivity index (χ3v) is 2.64. The van der Waals surface area contributed by atoms with Gasteiger partial charge in [0.2, 0.25) is 0 Å². The van der Waals surface area contributed by atoms with Crippen LogP contribution in [0.2, 0.25) is 0 Å². The molecule has 7 nitrogen and oxygen atoms in total. The van der Waals surface area contributed by atoms with Crippen molar-refractivity contribution in [3.8, 4) is 11.4 Å². The van der Waals surface area contributed by atoms with E-state index in [-0.39, 0.29) is 22.6 Å². The molecule has 19 heavy (non-hydrogen) atoms. The first-order valence-electron chi connectivity index (χ1n) is 5.64. The van der Waals surface area contributed by atoms with Gasteiger partial charge >= 0.3 is 5.97 Å². The smallest absolute Gasteiger partial charge is 0.356 e. The van der Waals surface area contributed by atoms with Crippen molar-refractivity contribution in [2.24, 2.45) is 7.05 Å². The number of ether oxygens (including phenoxy) is 1. The highest BCUT2D eigenvalue weighted by Crippen LogP contribution is 2.16. The van der Waals surface area contributed by atoms with Crippen molar-refractivity contribution in [1.29, 1.82) is 0 Å². The number of carbonyl (C=O) groups excluding carboxylic acids is 1. The van der Waals surface area contributed by atoms with Crippen LogP contribution in [0.5, 0.6) is 0 Å². The highest BCUT2D eigenvalue weighted by molar-refractivity contribution is 5.94. The van der Waals surface area contributed by atoms with E-state index >= 15 is 0 Å². The van der Waals surface area contributed by atoms with E-state index in [1.807, 2.05) is 0 Å². The van der Waals surface area contributed by atoms with Crippen molar-refractivity contribution < 1.29 is 9.53 Å². The quantitative estimate of drug-likeness (QED) is 0.799. The highest BCUT2D eigenvalue weighted by Gasteiger charge is 2.23. The van der Waals surface area contributed by atoms with E-state index in [9.17, 15) is 9.59 Å². The first kappa shape index (κ1) is 13.0. The predicted molar refractivity (Wildman–Crippen MR) is 67.9 cm³/mol. The Labute approximate surface area is 109 Å².